The second-order valence-corrected chi connectivity index (χ2v) is 8.31. The van der Waals surface area contributed by atoms with E-state index in [9.17, 15) is 4.79 Å². The van der Waals surface area contributed by atoms with E-state index >= 15 is 0 Å². The number of pyridine rings is 1. The molecular weight excluding hydrogens is 464 g/mol. The first kappa shape index (κ1) is 23.0. The van der Waals surface area contributed by atoms with E-state index in [0.717, 1.165) is 12.8 Å². The normalized spacial score (nSPS) is 12.9. The van der Waals surface area contributed by atoms with Crippen molar-refractivity contribution in [2.75, 3.05) is 25.6 Å². The molecule has 0 unspecified atom stereocenters. The minimum Gasteiger partial charge on any atom is -0.490 e. The number of nitrogens with two attached hydrogens (primary N) is 1. The number of methoxy groups -OCH3 is 1. The van der Waals surface area contributed by atoms with Crippen LogP contribution in [-0.4, -0.2) is 42.4 Å². The van der Waals surface area contributed by atoms with Crippen molar-refractivity contribution in [1.82, 2.24) is 10.3 Å². The van der Waals surface area contributed by atoms with Crippen LogP contribution in [0.15, 0.2) is 42.6 Å². The first-order chi connectivity index (χ1) is 15.9. The van der Waals surface area contributed by atoms with Crippen molar-refractivity contribution >= 4 is 51.4 Å². The lowest BCUT2D eigenvalue weighted by molar-refractivity contribution is 0.0992. The van der Waals surface area contributed by atoms with Crippen LogP contribution in [0.25, 0.3) is 10.9 Å². The minimum atomic E-state index is -0.617. The predicted molar refractivity (Wildman–Crippen MR) is 132 cm³/mol. The fourth-order valence-electron chi connectivity index (χ4n) is 3.14. The number of nitrogens with zero attached hydrogens (tertiary/aromatic N) is 1. The SMILES string of the molecule is COCCOc1cc2nccc(Oc3ccc(NC(=S)NC4CC4)c(Cl)c3)c2cc1C(N)=O. The van der Waals surface area contributed by atoms with Crippen LogP contribution in [0, 0.1) is 0 Å². The molecule has 1 aliphatic carbocycles. The number of rotatable bonds is 9. The molecule has 1 aliphatic rings. The molecule has 1 amide bonds. The van der Waals surface area contributed by atoms with Crippen LogP contribution in [-0.2, 0) is 4.74 Å². The zero-order valence-corrected chi connectivity index (χ0v) is 19.5. The molecule has 0 bridgehead atoms. The van der Waals surface area contributed by atoms with Crippen LogP contribution in [0.2, 0.25) is 5.02 Å². The summed E-state index contributed by atoms with van der Waals surface area (Å²) < 4.78 is 16.7. The van der Waals surface area contributed by atoms with E-state index in [2.05, 4.69) is 15.6 Å². The lowest BCUT2D eigenvalue weighted by Gasteiger charge is -2.14. The number of benzene rings is 2. The summed E-state index contributed by atoms with van der Waals surface area (Å²) >= 11 is 11.7. The second-order valence-electron chi connectivity index (χ2n) is 7.50. The van der Waals surface area contributed by atoms with Crippen molar-refractivity contribution < 1.29 is 19.0 Å². The van der Waals surface area contributed by atoms with Crippen LogP contribution in [0.4, 0.5) is 5.69 Å². The van der Waals surface area contributed by atoms with Gasteiger partial charge in [-0.1, -0.05) is 11.6 Å². The Hall–Kier alpha value is -3.14. The van der Waals surface area contributed by atoms with Gasteiger partial charge in [0.2, 0.25) is 0 Å². The first-order valence-electron chi connectivity index (χ1n) is 10.3. The summed E-state index contributed by atoms with van der Waals surface area (Å²) in [7, 11) is 1.57. The number of hydrogen-bond donors (Lipinski definition) is 3. The van der Waals surface area contributed by atoms with Gasteiger partial charge in [-0.15, -0.1) is 0 Å². The van der Waals surface area contributed by atoms with Crippen LogP contribution in [0.3, 0.4) is 0 Å². The maximum atomic E-state index is 12.0. The fourth-order valence-corrected chi connectivity index (χ4v) is 3.64. The van der Waals surface area contributed by atoms with Gasteiger partial charge in [-0.05, 0) is 49.3 Å². The van der Waals surface area contributed by atoms with E-state index in [-0.39, 0.29) is 12.2 Å². The van der Waals surface area contributed by atoms with Gasteiger partial charge in [0.15, 0.2) is 5.11 Å². The Morgan fingerprint density at radius 2 is 2.03 bits per heavy atom. The van der Waals surface area contributed by atoms with Gasteiger partial charge >= 0.3 is 0 Å². The molecule has 0 saturated heterocycles. The number of hydrogen-bond acceptors (Lipinski definition) is 6. The Labute approximate surface area is 201 Å². The molecule has 0 radical (unpaired) electrons. The van der Waals surface area contributed by atoms with Crippen molar-refractivity contribution in [2.45, 2.75) is 18.9 Å². The zero-order valence-electron chi connectivity index (χ0n) is 17.9. The lowest BCUT2D eigenvalue weighted by atomic mass is 10.1. The molecule has 4 N–H and O–H groups in total. The maximum absolute atomic E-state index is 12.0. The minimum absolute atomic E-state index is 0.228. The number of aromatic nitrogens is 1. The highest BCUT2D eigenvalue weighted by Gasteiger charge is 2.22. The van der Waals surface area contributed by atoms with Gasteiger partial charge in [-0.25, -0.2) is 0 Å². The fraction of sp³-hybridized carbons (Fsp3) is 0.261. The number of carbonyl (C=O) groups is 1. The van der Waals surface area contributed by atoms with Gasteiger partial charge in [0.05, 0.1) is 28.4 Å². The molecule has 0 spiro atoms. The van der Waals surface area contributed by atoms with Crippen LogP contribution in [0.1, 0.15) is 23.2 Å². The number of fused-ring (bicyclic) bond motifs is 1. The summed E-state index contributed by atoms with van der Waals surface area (Å²) in [4.78, 5) is 16.4. The number of carbonyl (C=O) groups excluding carboxylic acids is 1. The third kappa shape index (κ3) is 5.81. The Balaban J connectivity index is 1.57. The molecule has 4 rings (SSSR count). The summed E-state index contributed by atoms with van der Waals surface area (Å²) in [5.74, 6) is 0.730. The highest BCUT2D eigenvalue weighted by molar-refractivity contribution is 7.80. The van der Waals surface area contributed by atoms with E-state index < -0.39 is 5.91 Å². The van der Waals surface area contributed by atoms with Crippen LogP contribution < -0.4 is 25.8 Å². The summed E-state index contributed by atoms with van der Waals surface area (Å²) in [5, 5.41) is 7.91. The first-order valence-corrected chi connectivity index (χ1v) is 11.1. The Morgan fingerprint density at radius 3 is 2.73 bits per heavy atom. The monoisotopic (exact) mass is 486 g/mol. The van der Waals surface area contributed by atoms with Gasteiger partial charge in [-0.2, -0.15) is 0 Å². The summed E-state index contributed by atoms with van der Waals surface area (Å²) in [5.41, 5.74) is 7.06. The molecule has 10 heteroatoms. The third-order valence-electron chi connectivity index (χ3n) is 4.94. The van der Waals surface area contributed by atoms with Crippen molar-refractivity contribution in [1.29, 1.82) is 0 Å². The zero-order chi connectivity index (χ0) is 23.4. The van der Waals surface area contributed by atoms with Gasteiger partial charge in [0, 0.05) is 36.9 Å². The number of amides is 1. The topological polar surface area (TPSA) is 108 Å². The van der Waals surface area contributed by atoms with Crippen molar-refractivity contribution in [3.63, 3.8) is 0 Å². The highest BCUT2D eigenvalue weighted by Crippen LogP contribution is 2.35. The maximum Gasteiger partial charge on any atom is 0.252 e. The largest absolute Gasteiger partial charge is 0.490 e. The third-order valence-corrected chi connectivity index (χ3v) is 5.48. The molecule has 33 heavy (non-hydrogen) atoms. The molecule has 172 valence electrons. The smallest absolute Gasteiger partial charge is 0.252 e. The van der Waals surface area contributed by atoms with Gasteiger partial charge in [0.1, 0.15) is 23.9 Å². The molecule has 3 aromatic rings. The van der Waals surface area contributed by atoms with Crippen LogP contribution in [0.5, 0.6) is 17.2 Å². The van der Waals surface area contributed by atoms with E-state index in [1.54, 1.807) is 49.7 Å². The molecular formula is C23H23ClN4O4S. The summed E-state index contributed by atoms with van der Waals surface area (Å²) in [6, 6.07) is 10.7. The highest BCUT2D eigenvalue weighted by atomic mass is 35.5. The molecule has 0 aliphatic heterocycles. The van der Waals surface area contributed by atoms with Gasteiger partial charge < -0.3 is 30.6 Å². The Kier molecular flexibility index (Phi) is 7.12. The molecule has 8 nitrogen and oxygen atoms in total. The lowest BCUT2D eigenvalue weighted by Crippen LogP contribution is -2.30. The number of thiocarbonyl (C=S) groups is 1. The van der Waals surface area contributed by atoms with Gasteiger partial charge in [0.25, 0.3) is 5.91 Å². The average Bonchev–Trinajstić information content (AvgIpc) is 3.59. The molecule has 1 heterocycles. The number of ether oxygens (including phenoxy) is 3. The number of primary amides is 1. The van der Waals surface area contributed by atoms with E-state index in [0.29, 0.717) is 56.6 Å². The average molecular weight is 487 g/mol. The Morgan fingerprint density at radius 1 is 1.21 bits per heavy atom. The molecule has 1 fully saturated rings. The second kappa shape index (κ2) is 10.2. The number of nitrogens with one attached hydrogen (secondary N) is 2. The van der Waals surface area contributed by atoms with E-state index in [1.807, 2.05) is 0 Å². The summed E-state index contributed by atoms with van der Waals surface area (Å²) in [6.45, 7) is 0.650. The van der Waals surface area contributed by atoms with E-state index in [1.165, 1.54) is 0 Å². The van der Waals surface area contributed by atoms with Crippen LogP contribution >= 0.6 is 23.8 Å². The number of halogens is 1. The number of anilines is 1. The molecule has 0 atom stereocenters. The van der Waals surface area contributed by atoms with E-state index in [4.69, 9.17) is 43.8 Å². The molecule has 1 saturated carbocycles. The van der Waals surface area contributed by atoms with Crippen molar-refractivity contribution in [2.24, 2.45) is 5.73 Å². The quantitative estimate of drug-likeness (QED) is 0.304. The van der Waals surface area contributed by atoms with Crippen molar-refractivity contribution in [3.05, 3.63) is 53.2 Å². The summed E-state index contributed by atoms with van der Waals surface area (Å²) in [6.07, 6.45) is 3.86. The standard InChI is InChI=1S/C23H23ClN4O4S/c1-30-8-9-31-21-12-19-15(11-16(21)22(25)29)20(6-7-26-19)32-14-4-5-18(17(24)10-14)28-23(33)27-13-2-3-13/h4-7,10-13H,2-3,8-9H2,1H3,(H2,25,29)(H2,27,28,33). The predicted octanol–water partition coefficient (Wildman–Crippen LogP) is 4.25. The Bertz CT molecular complexity index is 1200. The molecule has 2 aromatic carbocycles. The van der Waals surface area contributed by atoms with Gasteiger partial charge in [-0.3, -0.25) is 9.78 Å². The molecule has 1 aromatic heterocycles. The van der Waals surface area contributed by atoms with Crippen molar-refractivity contribution in [3.8, 4) is 17.2 Å².